The molecule has 0 radical (unpaired) electrons. The zero-order chi connectivity index (χ0) is 38.1. The molecule has 0 saturated heterocycles. The molecular formula is C35H34ClN7O7S3. The van der Waals surface area contributed by atoms with Crippen LogP contribution in [0.25, 0.3) is 22.7 Å². The number of hydrogen-bond donors (Lipinski definition) is 4. The summed E-state index contributed by atoms with van der Waals surface area (Å²) in [5.74, 6) is -0.00879. The molecule has 4 N–H and O–H groups in total. The fourth-order valence-electron chi connectivity index (χ4n) is 5.26. The number of aliphatic hydroxyl groups excluding tert-OH is 1. The van der Waals surface area contributed by atoms with Gasteiger partial charge in [0.15, 0.2) is 11.5 Å². The van der Waals surface area contributed by atoms with Gasteiger partial charge >= 0.3 is 6.03 Å². The van der Waals surface area contributed by atoms with Gasteiger partial charge in [-0.3, -0.25) is 9.72 Å². The third-order valence-electron chi connectivity index (χ3n) is 7.97. The van der Waals surface area contributed by atoms with E-state index in [9.17, 15) is 31.8 Å². The second-order valence-corrected chi connectivity index (χ2v) is 19.3. The largest absolute Gasteiger partial charge is 0.506 e. The third kappa shape index (κ3) is 8.18. The van der Waals surface area contributed by atoms with E-state index >= 15 is 0 Å². The van der Waals surface area contributed by atoms with Crippen molar-refractivity contribution in [2.45, 2.75) is 47.4 Å². The SMILES string of the molecule is CC(C)(C)c1cc(NC(=O)NCc2ccccc2S(=O)(=O)c2ccc3nnc(-c4ccccc4SS(=O)(=O)CCO)n3c2)n(-c2ccc(O)c(Cl)c2)n1. The van der Waals surface area contributed by atoms with Gasteiger partial charge in [0.1, 0.15) is 11.6 Å². The number of rotatable bonds is 11. The standard InChI is InChI=1S/C35H34ClN7O7S3/c1-35(2,3)30-19-32(43(41-30)23-12-14-27(45)26(36)18-23)38-34(46)37-20-22-8-4-7-11-29(22)53(49,50)24-13-15-31-39-40-33(42(31)21-24)25-9-5-6-10-28(25)51-52(47,48)17-16-44/h4-15,18-19,21,44-45H,16-17,20H2,1-3H3,(H2,37,38,46). The number of phenolic OH excluding ortho intramolecular Hbond substituents is 1. The molecule has 18 heteroatoms. The van der Waals surface area contributed by atoms with Crippen LogP contribution in [0.15, 0.2) is 106 Å². The van der Waals surface area contributed by atoms with Gasteiger partial charge in [0.25, 0.3) is 0 Å². The summed E-state index contributed by atoms with van der Waals surface area (Å²) in [6.07, 6.45) is 1.37. The van der Waals surface area contributed by atoms with Crippen LogP contribution < -0.4 is 10.6 Å². The molecule has 0 fully saturated rings. The lowest BCUT2D eigenvalue weighted by Gasteiger charge is -2.14. The number of urea groups is 1. The Morgan fingerprint density at radius 2 is 1.68 bits per heavy atom. The van der Waals surface area contributed by atoms with Gasteiger partial charge in [-0.2, -0.15) is 5.10 Å². The quantitative estimate of drug-likeness (QED) is 0.116. The van der Waals surface area contributed by atoms with Gasteiger partial charge in [0.05, 0.1) is 38.6 Å². The highest BCUT2D eigenvalue weighted by Crippen LogP contribution is 2.35. The smallest absolute Gasteiger partial charge is 0.320 e. The summed E-state index contributed by atoms with van der Waals surface area (Å²) in [6.45, 7) is 5.23. The number of phenols is 1. The third-order valence-corrected chi connectivity index (χ3v) is 13.4. The summed E-state index contributed by atoms with van der Waals surface area (Å²) in [7, 11) is -7.32. The maximum absolute atomic E-state index is 14.2. The molecule has 0 atom stereocenters. The first kappa shape index (κ1) is 37.8. The maximum Gasteiger partial charge on any atom is 0.320 e. The number of hydrogen-bond acceptors (Lipinski definition) is 11. The van der Waals surface area contributed by atoms with Gasteiger partial charge in [0, 0.05) is 45.5 Å². The molecule has 0 unspecified atom stereocenters. The van der Waals surface area contributed by atoms with Crippen molar-refractivity contribution in [3.8, 4) is 22.8 Å². The van der Waals surface area contributed by atoms with Crippen molar-refractivity contribution in [3.63, 3.8) is 0 Å². The number of carbonyl (C=O) groups is 1. The van der Waals surface area contributed by atoms with Crippen molar-refractivity contribution in [2.75, 3.05) is 17.7 Å². The monoisotopic (exact) mass is 795 g/mol. The van der Waals surface area contributed by atoms with E-state index in [2.05, 4.69) is 25.9 Å². The Labute approximate surface area is 314 Å². The van der Waals surface area contributed by atoms with Crippen LogP contribution >= 0.6 is 22.4 Å². The minimum atomic E-state index is -4.18. The van der Waals surface area contributed by atoms with Gasteiger partial charge in [-0.05, 0) is 48.0 Å². The second-order valence-electron chi connectivity index (χ2n) is 12.8. The van der Waals surface area contributed by atoms with Crippen LogP contribution in [0.1, 0.15) is 32.0 Å². The lowest BCUT2D eigenvalue weighted by Crippen LogP contribution is -2.29. The van der Waals surface area contributed by atoms with Crippen molar-refractivity contribution in [3.05, 3.63) is 107 Å². The van der Waals surface area contributed by atoms with Crippen molar-refractivity contribution < 1.29 is 31.8 Å². The first-order valence-corrected chi connectivity index (χ1v) is 20.9. The molecule has 0 saturated carbocycles. The summed E-state index contributed by atoms with van der Waals surface area (Å²) >= 11 is 6.15. The molecule has 0 aliphatic rings. The number of anilines is 1. The molecule has 3 aromatic heterocycles. The number of carbonyl (C=O) groups excluding carboxylic acids is 1. The van der Waals surface area contributed by atoms with Gasteiger partial charge < -0.3 is 15.5 Å². The van der Waals surface area contributed by atoms with E-state index in [0.29, 0.717) is 49.7 Å². The predicted octanol–water partition coefficient (Wildman–Crippen LogP) is 5.81. The summed E-state index contributed by atoms with van der Waals surface area (Å²) in [4.78, 5) is 13.5. The Balaban J connectivity index is 1.27. The normalized spacial score (nSPS) is 12.2. The summed E-state index contributed by atoms with van der Waals surface area (Å²) in [6, 6.07) is 21.4. The number of sulfone groups is 1. The summed E-state index contributed by atoms with van der Waals surface area (Å²) < 4.78 is 56.3. The van der Waals surface area contributed by atoms with Crippen LogP contribution in [-0.4, -0.2) is 69.8 Å². The lowest BCUT2D eigenvalue weighted by atomic mass is 9.92. The lowest BCUT2D eigenvalue weighted by molar-refractivity contribution is 0.251. The van der Waals surface area contributed by atoms with Crippen molar-refractivity contribution in [1.82, 2.24) is 29.7 Å². The molecule has 6 aromatic rings. The summed E-state index contributed by atoms with van der Waals surface area (Å²) in [5, 5.41) is 37.8. The molecule has 0 aliphatic carbocycles. The van der Waals surface area contributed by atoms with Crippen molar-refractivity contribution in [1.29, 1.82) is 0 Å². The Morgan fingerprint density at radius 3 is 2.42 bits per heavy atom. The van der Waals surface area contributed by atoms with E-state index < -0.39 is 37.1 Å². The molecule has 3 aromatic carbocycles. The van der Waals surface area contributed by atoms with Gasteiger partial charge in [0.2, 0.25) is 18.7 Å². The fourth-order valence-corrected chi connectivity index (χ4v) is 9.62. The molecular weight excluding hydrogens is 762 g/mol. The zero-order valence-electron chi connectivity index (χ0n) is 28.6. The number of pyridine rings is 1. The second kappa shape index (κ2) is 14.8. The molecule has 0 bridgehead atoms. The van der Waals surface area contributed by atoms with Crippen molar-refractivity contribution >= 4 is 58.6 Å². The van der Waals surface area contributed by atoms with Gasteiger partial charge in [-0.1, -0.05) is 68.8 Å². The number of nitrogens with one attached hydrogen (secondary N) is 2. The van der Waals surface area contributed by atoms with E-state index in [1.165, 1.54) is 45.6 Å². The first-order valence-electron chi connectivity index (χ1n) is 16.0. The molecule has 3 heterocycles. The average molecular weight is 796 g/mol. The van der Waals surface area contributed by atoms with Crippen LogP contribution in [0.2, 0.25) is 5.02 Å². The number of aromatic nitrogens is 5. The number of nitrogens with zero attached hydrogens (tertiary/aromatic N) is 5. The highest BCUT2D eigenvalue weighted by Gasteiger charge is 2.25. The minimum absolute atomic E-state index is 0.0425. The fraction of sp³-hybridized carbons (Fsp3) is 0.200. The Kier molecular flexibility index (Phi) is 10.6. The number of benzene rings is 3. The highest BCUT2D eigenvalue weighted by molar-refractivity contribution is 8.72. The van der Waals surface area contributed by atoms with Crippen LogP contribution in [0, 0.1) is 0 Å². The first-order chi connectivity index (χ1) is 25.1. The van der Waals surface area contributed by atoms with Crippen LogP contribution in [0.3, 0.4) is 0 Å². The van der Waals surface area contributed by atoms with E-state index in [4.69, 9.17) is 11.6 Å². The number of amides is 2. The molecule has 0 spiro atoms. The Morgan fingerprint density at radius 1 is 0.943 bits per heavy atom. The Hall–Kier alpha value is -4.94. The van der Waals surface area contributed by atoms with Gasteiger partial charge in [-0.25, -0.2) is 26.3 Å². The van der Waals surface area contributed by atoms with Crippen LogP contribution in [0.4, 0.5) is 10.6 Å². The molecule has 276 valence electrons. The summed E-state index contributed by atoms with van der Waals surface area (Å²) in [5.41, 5.74) is 1.85. The zero-order valence-corrected chi connectivity index (χ0v) is 31.8. The minimum Gasteiger partial charge on any atom is -0.506 e. The Bertz CT molecular complexity index is 2570. The maximum atomic E-state index is 14.2. The highest BCUT2D eigenvalue weighted by atomic mass is 35.5. The number of fused-ring (bicyclic) bond motifs is 1. The predicted molar refractivity (Wildman–Crippen MR) is 202 cm³/mol. The van der Waals surface area contributed by atoms with Crippen LogP contribution in [-0.2, 0) is 30.7 Å². The number of aliphatic hydroxyl groups is 1. The van der Waals surface area contributed by atoms with E-state index in [0.717, 1.165) is 0 Å². The molecule has 0 aliphatic heterocycles. The molecule has 6 rings (SSSR count). The van der Waals surface area contributed by atoms with E-state index in [-0.39, 0.29) is 38.3 Å². The van der Waals surface area contributed by atoms with E-state index in [1.54, 1.807) is 54.6 Å². The number of aromatic hydroxyl groups is 1. The number of halogens is 1. The average Bonchev–Trinajstić information content (AvgIpc) is 3.73. The topological polar surface area (TPSA) is 198 Å². The van der Waals surface area contributed by atoms with Crippen molar-refractivity contribution in [2.24, 2.45) is 0 Å². The molecule has 53 heavy (non-hydrogen) atoms. The van der Waals surface area contributed by atoms with E-state index in [1.807, 2.05) is 20.8 Å². The molecule has 14 nitrogen and oxygen atoms in total. The molecule has 2 amide bonds. The van der Waals surface area contributed by atoms with Gasteiger partial charge in [-0.15, -0.1) is 10.2 Å². The van der Waals surface area contributed by atoms with Crippen LogP contribution in [0.5, 0.6) is 5.75 Å².